The van der Waals surface area contributed by atoms with Gasteiger partial charge in [0.05, 0.1) is 23.3 Å². The molecule has 1 unspecified atom stereocenters. The zero-order valence-electron chi connectivity index (χ0n) is 25.3. The number of ether oxygens (including phenoxy) is 1. The first-order valence-electron chi connectivity index (χ1n) is 14.4. The Morgan fingerprint density at radius 1 is 1.07 bits per heavy atom. The second-order valence-electron chi connectivity index (χ2n) is 12.0. The van der Waals surface area contributed by atoms with Crippen molar-refractivity contribution in [2.75, 3.05) is 11.9 Å². The maximum Gasteiger partial charge on any atom is 0.282 e. The molecule has 43 heavy (non-hydrogen) atoms. The van der Waals surface area contributed by atoms with Crippen LogP contribution in [0.4, 0.5) is 5.82 Å². The lowest BCUT2D eigenvalue weighted by Crippen LogP contribution is -2.29. The monoisotopic (exact) mass is 596 g/mol. The first-order chi connectivity index (χ1) is 20.6. The van der Waals surface area contributed by atoms with Crippen LogP contribution in [0.1, 0.15) is 30.2 Å². The minimum absolute atomic E-state index is 0.139. The fraction of sp³-hybridized carbons (Fsp3) is 0.323. The van der Waals surface area contributed by atoms with Crippen molar-refractivity contribution < 1.29 is 9.15 Å². The Morgan fingerprint density at radius 3 is 2.58 bits per heavy atom. The van der Waals surface area contributed by atoms with Crippen LogP contribution in [0.5, 0.6) is 0 Å². The molecule has 0 saturated heterocycles. The van der Waals surface area contributed by atoms with Gasteiger partial charge in [-0.25, -0.2) is 19.5 Å². The molecule has 6 rings (SSSR count). The number of oxazole rings is 1. The summed E-state index contributed by atoms with van der Waals surface area (Å²) in [6.07, 6.45) is 7.02. The maximum atomic E-state index is 13.8. The number of hydrogen-bond acceptors (Lipinski definition) is 8. The van der Waals surface area contributed by atoms with E-state index in [1.165, 1.54) is 6.33 Å². The van der Waals surface area contributed by atoms with Crippen molar-refractivity contribution in [2.24, 2.45) is 0 Å². The average Bonchev–Trinajstić information content (AvgIpc) is 3.68. The number of nitrogens with one attached hydrogen (secondary N) is 1. The number of hydrogen-bond donors (Lipinski definition) is 1. The van der Waals surface area contributed by atoms with Crippen LogP contribution in [-0.4, -0.2) is 48.4 Å². The summed E-state index contributed by atoms with van der Waals surface area (Å²) in [5, 5.41) is 9.19. The molecule has 1 N–H and O–H groups in total. The van der Waals surface area contributed by atoms with Crippen LogP contribution < -0.4 is 10.9 Å². The predicted molar refractivity (Wildman–Crippen MR) is 169 cm³/mol. The highest BCUT2D eigenvalue weighted by atomic mass is 28.3. The van der Waals surface area contributed by atoms with Crippen LogP contribution in [0.25, 0.3) is 33.6 Å². The molecule has 6 aromatic rings. The molecule has 0 bridgehead atoms. The number of aromatic nitrogens is 7. The van der Waals surface area contributed by atoms with Gasteiger partial charge in [-0.1, -0.05) is 37.8 Å². The van der Waals surface area contributed by atoms with Crippen LogP contribution in [-0.2, 0) is 11.5 Å². The molecule has 0 radical (unpaired) electrons. The Kier molecular flexibility index (Phi) is 7.48. The van der Waals surface area contributed by atoms with E-state index in [9.17, 15) is 4.79 Å². The third-order valence-corrected chi connectivity index (χ3v) is 9.14. The summed E-state index contributed by atoms with van der Waals surface area (Å²) in [6.45, 7) is 13.7. The van der Waals surface area contributed by atoms with Crippen LogP contribution in [0.3, 0.4) is 0 Å². The summed E-state index contributed by atoms with van der Waals surface area (Å²) < 4.78 is 17.3. The van der Waals surface area contributed by atoms with Gasteiger partial charge in [0.2, 0.25) is 0 Å². The Balaban J connectivity index is 1.43. The fourth-order valence-corrected chi connectivity index (χ4v) is 5.91. The average molecular weight is 597 g/mol. The number of aryl methyl sites for hydroxylation is 2. The number of para-hydroxylation sites is 1. The smallest absolute Gasteiger partial charge is 0.282 e. The van der Waals surface area contributed by atoms with Crippen LogP contribution in [0.15, 0.2) is 70.5 Å². The molecule has 0 aliphatic heterocycles. The molecule has 0 fully saturated rings. The standard InChI is InChI=1S/C31H36N8O3Si/c1-20-12-13-38-27(20)31(40)39(23-10-8-7-9-11-23)29(36-38)21(2)35-28-26-24(25-16-32-22(3)42-25)17-37(30(26)34-18-33-28)19-41-14-15-43(4,5)6/h7-13,16-18,21H,14-15,19H2,1-6H3,(H,33,34,35). The molecule has 0 saturated carbocycles. The molecule has 11 nitrogen and oxygen atoms in total. The van der Waals surface area contributed by atoms with E-state index < -0.39 is 14.1 Å². The predicted octanol–water partition coefficient (Wildman–Crippen LogP) is 5.99. The van der Waals surface area contributed by atoms with Crippen molar-refractivity contribution in [3.8, 4) is 17.0 Å². The first-order valence-corrected chi connectivity index (χ1v) is 18.1. The molecule has 0 aliphatic carbocycles. The van der Waals surface area contributed by atoms with Gasteiger partial charge >= 0.3 is 0 Å². The third-order valence-electron chi connectivity index (χ3n) is 7.44. The fourth-order valence-electron chi connectivity index (χ4n) is 5.15. The van der Waals surface area contributed by atoms with Gasteiger partial charge in [-0.2, -0.15) is 5.10 Å². The van der Waals surface area contributed by atoms with Gasteiger partial charge in [-0.05, 0) is 43.7 Å². The molecule has 0 aliphatic rings. The lowest BCUT2D eigenvalue weighted by molar-refractivity contribution is 0.0899. The Hall–Kier alpha value is -4.55. The van der Waals surface area contributed by atoms with E-state index in [0.29, 0.717) is 47.8 Å². The van der Waals surface area contributed by atoms with E-state index in [1.54, 1.807) is 15.3 Å². The number of rotatable bonds is 10. The SMILES string of the molecule is Cc1ncc(-c2cn(COCC[Si](C)(C)C)c3ncnc(NC(C)c4nn5ccc(C)c5c(=O)n4-c4ccccc4)c23)o1. The topological polar surface area (TPSA) is 117 Å². The van der Waals surface area contributed by atoms with E-state index >= 15 is 0 Å². The van der Waals surface area contributed by atoms with Crippen molar-refractivity contribution in [2.45, 2.75) is 59.2 Å². The molecule has 222 valence electrons. The summed E-state index contributed by atoms with van der Waals surface area (Å²) in [4.78, 5) is 27.4. The zero-order valence-corrected chi connectivity index (χ0v) is 26.3. The van der Waals surface area contributed by atoms with Crippen LogP contribution in [0.2, 0.25) is 25.7 Å². The number of benzene rings is 1. The summed E-state index contributed by atoms with van der Waals surface area (Å²) in [6, 6.07) is 12.1. The van der Waals surface area contributed by atoms with Gasteiger partial charge in [0.1, 0.15) is 30.0 Å². The highest BCUT2D eigenvalue weighted by molar-refractivity contribution is 6.76. The van der Waals surface area contributed by atoms with Gasteiger partial charge in [0, 0.05) is 39.6 Å². The first kappa shape index (κ1) is 28.6. The van der Waals surface area contributed by atoms with Crippen molar-refractivity contribution in [1.29, 1.82) is 0 Å². The van der Waals surface area contributed by atoms with Crippen LogP contribution in [0, 0.1) is 13.8 Å². The van der Waals surface area contributed by atoms with E-state index in [-0.39, 0.29) is 5.56 Å². The lowest BCUT2D eigenvalue weighted by atomic mass is 10.2. The molecule has 5 aromatic heterocycles. The molecule has 12 heteroatoms. The maximum absolute atomic E-state index is 13.8. The normalized spacial score (nSPS) is 12.8. The minimum atomic E-state index is -1.23. The zero-order chi connectivity index (χ0) is 30.3. The molecule has 0 spiro atoms. The minimum Gasteiger partial charge on any atom is -0.441 e. The molecule has 0 amide bonds. The van der Waals surface area contributed by atoms with Crippen molar-refractivity contribution >= 4 is 30.4 Å². The highest BCUT2D eigenvalue weighted by Crippen LogP contribution is 2.35. The lowest BCUT2D eigenvalue weighted by Gasteiger charge is -2.20. The molecule has 1 aromatic carbocycles. The van der Waals surface area contributed by atoms with E-state index in [4.69, 9.17) is 14.3 Å². The van der Waals surface area contributed by atoms with E-state index in [2.05, 4.69) is 39.9 Å². The summed E-state index contributed by atoms with van der Waals surface area (Å²) in [7, 11) is -1.23. The third kappa shape index (κ3) is 5.63. The molecular weight excluding hydrogens is 560 g/mol. The largest absolute Gasteiger partial charge is 0.441 e. The number of fused-ring (bicyclic) bond motifs is 2. The summed E-state index contributed by atoms with van der Waals surface area (Å²) in [5.41, 5.74) is 3.50. The Morgan fingerprint density at radius 2 is 1.86 bits per heavy atom. The number of nitrogens with zero attached hydrogens (tertiary/aromatic N) is 7. The van der Waals surface area contributed by atoms with Crippen molar-refractivity contribution in [3.63, 3.8) is 0 Å². The van der Waals surface area contributed by atoms with Gasteiger partial charge < -0.3 is 19.0 Å². The summed E-state index contributed by atoms with van der Waals surface area (Å²) >= 11 is 0. The Bertz CT molecular complexity index is 1970. The number of anilines is 1. The second-order valence-corrected chi connectivity index (χ2v) is 17.6. The van der Waals surface area contributed by atoms with Gasteiger partial charge in [-0.3, -0.25) is 9.36 Å². The molecule has 1 atom stereocenters. The molecule has 5 heterocycles. The van der Waals surface area contributed by atoms with Gasteiger partial charge in [0.25, 0.3) is 5.56 Å². The second kappa shape index (κ2) is 11.3. The van der Waals surface area contributed by atoms with Crippen LogP contribution >= 0.6 is 0 Å². The quantitative estimate of drug-likeness (QED) is 0.151. The highest BCUT2D eigenvalue weighted by Gasteiger charge is 2.24. The molecular formula is C31H36N8O3Si. The summed E-state index contributed by atoms with van der Waals surface area (Å²) in [5.74, 6) is 2.29. The van der Waals surface area contributed by atoms with E-state index in [0.717, 1.165) is 28.2 Å². The van der Waals surface area contributed by atoms with Gasteiger partial charge in [-0.15, -0.1) is 0 Å². The van der Waals surface area contributed by atoms with Crippen molar-refractivity contribution in [1.82, 2.24) is 33.7 Å². The van der Waals surface area contributed by atoms with Crippen molar-refractivity contribution in [3.05, 3.63) is 88.9 Å². The van der Waals surface area contributed by atoms with E-state index in [1.807, 2.05) is 74.1 Å². The Labute approximate surface area is 250 Å². The van der Waals surface area contributed by atoms with Gasteiger partial charge in [0.15, 0.2) is 17.5 Å².